The Morgan fingerprint density at radius 1 is 0.512 bits per heavy atom. The number of aromatic nitrogens is 1. The van der Waals surface area contributed by atoms with Gasteiger partial charge in [0.2, 0.25) is 0 Å². The lowest BCUT2D eigenvalue weighted by atomic mass is 9.73. The maximum absolute atomic E-state index is 6.12. The third-order valence-corrected chi connectivity index (χ3v) is 10.1. The first-order valence-electron chi connectivity index (χ1n) is 15.4. The Balaban J connectivity index is 1.24. The number of para-hydroxylation sites is 3. The summed E-state index contributed by atoms with van der Waals surface area (Å²) in [6.45, 7) is 4.69. The van der Waals surface area contributed by atoms with Gasteiger partial charge in [-0.05, 0) is 94.8 Å². The number of rotatable bonds is 4. The second kappa shape index (κ2) is 8.96. The van der Waals surface area contributed by atoms with Crippen molar-refractivity contribution in [2.24, 2.45) is 0 Å². The third kappa shape index (κ3) is 3.29. The van der Waals surface area contributed by atoms with Crippen LogP contribution in [-0.2, 0) is 5.41 Å². The van der Waals surface area contributed by atoms with Gasteiger partial charge in [-0.2, -0.15) is 0 Å². The molecule has 1 aliphatic carbocycles. The first kappa shape index (κ1) is 24.5. The Morgan fingerprint density at radius 3 is 1.88 bits per heavy atom. The van der Waals surface area contributed by atoms with E-state index in [-0.39, 0.29) is 5.41 Å². The van der Waals surface area contributed by atoms with Gasteiger partial charge in [-0.1, -0.05) is 92.7 Å². The van der Waals surface area contributed by atoms with Crippen LogP contribution in [0.3, 0.4) is 0 Å². The minimum atomic E-state index is -0.00747. The summed E-state index contributed by atoms with van der Waals surface area (Å²) in [5.74, 6) is 0. The molecule has 0 bridgehead atoms. The molecule has 2 aromatic heterocycles. The van der Waals surface area contributed by atoms with Gasteiger partial charge in [-0.25, -0.2) is 0 Å². The van der Waals surface area contributed by atoms with Crippen LogP contribution in [0, 0.1) is 0 Å². The van der Waals surface area contributed by atoms with Crippen LogP contribution in [0.25, 0.3) is 71.7 Å². The monoisotopic (exact) mass is 553 g/mol. The zero-order chi connectivity index (χ0) is 28.7. The molecule has 2 heteroatoms. The molecule has 0 amide bonds. The van der Waals surface area contributed by atoms with Crippen LogP contribution in [0.2, 0.25) is 0 Å². The SMILES string of the molecule is CCC1(CC)c2ccc(-n3c4ccccc4c4ccccc43)cc2-c2ccc(-c3ccc4oc5ccccc5c4c3)cc21. The van der Waals surface area contributed by atoms with Crippen LogP contribution >= 0.6 is 0 Å². The zero-order valence-corrected chi connectivity index (χ0v) is 24.4. The lowest BCUT2D eigenvalue weighted by molar-refractivity contribution is 0.490. The van der Waals surface area contributed by atoms with E-state index < -0.39 is 0 Å². The van der Waals surface area contributed by atoms with Gasteiger partial charge in [-0.15, -0.1) is 0 Å². The molecule has 0 unspecified atom stereocenters. The summed E-state index contributed by atoms with van der Waals surface area (Å²) >= 11 is 0. The van der Waals surface area contributed by atoms with Gasteiger partial charge in [-0.3, -0.25) is 0 Å². The third-order valence-electron chi connectivity index (χ3n) is 10.1. The molecule has 9 rings (SSSR count). The highest BCUT2D eigenvalue weighted by molar-refractivity contribution is 6.09. The molecule has 0 saturated heterocycles. The van der Waals surface area contributed by atoms with E-state index in [4.69, 9.17) is 4.42 Å². The molecule has 0 N–H and O–H groups in total. The van der Waals surface area contributed by atoms with Crippen LogP contribution in [0.1, 0.15) is 37.8 Å². The molecular weight excluding hydrogens is 522 g/mol. The van der Waals surface area contributed by atoms with E-state index in [0.717, 1.165) is 24.0 Å². The van der Waals surface area contributed by atoms with Gasteiger partial charge >= 0.3 is 0 Å². The van der Waals surface area contributed by atoms with Crippen LogP contribution in [0.4, 0.5) is 0 Å². The average molecular weight is 554 g/mol. The molecule has 0 spiro atoms. The minimum absolute atomic E-state index is 0.00747. The second-order valence-electron chi connectivity index (χ2n) is 12.0. The molecule has 0 aliphatic heterocycles. The number of hydrogen-bond donors (Lipinski definition) is 0. The summed E-state index contributed by atoms with van der Waals surface area (Å²) in [4.78, 5) is 0. The topological polar surface area (TPSA) is 18.1 Å². The summed E-state index contributed by atoms with van der Waals surface area (Å²) in [6.07, 6.45) is 2.13. The number of furan rings is 1. The Kier molecular flexibility index (Phi) is 5.11. The van der Waals surface area contributed by atoms with E-state index in [1.54, 1.807) is 0 Å². The van der Waals surface area contributed by atoms with Gasteiger partial charge in [0.25, 0.3) is 0 Å². The van der Waals surface area contributed by atoms with Gasteiger partial charge in [0.1, 0.15) is 11.2 Å². The van der Waals surface area contributed by atoms with Crippen molar-refractivity contribution in [2.45, 2.75) is 32.1 Å². The van der Waals surface area contributed by atoms with Crippen molar-refractivity contribution in [1.29, 1.82) is 0 Å². The number of fused-ring (bicyclic) bond motifs is 9. The fourth-order valence-corrected chi connectivity index (χ4v) is 7.93. The fraction of sp³-hybridized carbons (Fsp3) is 0.122. The van der Waals surface area contributed by atoms with Crippen molar-refractivity contribution in [3.8, 4) is 27.9 Å². The zero-order valence-electron chi connectivity index (χ0n) is 24.4. The van der Waals surface area contributed by atoms with Crippen molar-refractivity contribution in [2.75, 3.05) is 0 Å². The van der Waals surface area contributed by atoms with Crippen molar-refractivity contribution >= 4 is 43.7 Å². The van der Waals surface area contributed by atoms with E-state index >= 15 is 0 Å². The molecular formula is C41H31NO. The highest BCUT2D eigenvalue weighted by Gasteiger charge is 2.40. The normalized spacial score (nSPS) is 13.7. The molecule has 8 aromatic rings. The van der Waals surface area contributed by atoms with E-state index in [1.165, 1.54) is 71.6 Å². The smallest absolute Gasteiger partial charge is 0.135 e. The molecule has 2 heterocycles. The Labute approximate surface area is 250 Å². The predicted octanol–water partition coefficient (Wildman–Crippen LogP) is 11.4. The van der Waals surface area contributed by atoms with Crippen molar-refractivity contribution in [3.63, 3.8) is 0 Å². The maximum atomic E-state index is 6.12. The van der Waals surface area contributed by atoms with E-state index in [0.29, 0.717) is 0 Å². The highest BCUT2D eigenvalue weighted by Crippen LogP contribution is 2.54. The predicted molar refractivity (Wildman–Crippen MR) is 180 cm³/mol. The Hall–Kier alpha value is -5.08. The van der Waals surface area contributed by atoms with E-state index in [9.17, 15) is 0 Å². The largest absolute Gasteiger partial charge is 0.456 e. The summed E-state index contributed by atoms with van der Waals surface area (Å²) in [5, 5.41) is 4.93. The minimum Gasteiger partial charge on any atom is -0.456 e. The van der Waals surface area contributed by atoms with Crippen LogP contribution < -0.4 is 0 Å². The van der Waals surface area contributed by atoms with E-state index in [1.807, 2.05) is 12.1 Å². The molecule has 206 valence electrons. The average Bonchev–Trinajstić information content (AvgIpc) is 3.70. The second-order valence-corrected chi connectivity index (χ2v) is 12.0. The number of benzene rings is 6. The molecule has 0 atom stereocenters. The summed E-state index contributed by atoms with van der Waals surface area (Å²) in [7, 11) is 0. The molecule has 1 aliphatic rings. The van der Waals surface area contributed by atoms with Gasteiger partial charge in [0.15, 0.2) is 0 Å². The Morgan fingerprint density at radius 2 is 1.14 bits per heavy atom. The van der Waals surface area contributed by atoms with Crippen molar-refractivity contribution in [3.05, 3.63) is 139 Å². The lowest BCUT2D eigenvalue weighted by Gasteiger charge is -2.30. The highest BCUT2D eigenvalue weighted by atomic mass is 16.3. The van der Waals surface area contributed by atoms with E-state index in [2.05, 4.69) is 134 Å². The molecule has 0 fully saturated rings. The molecule has 2 nitrogen and oxygen atoms in total. The maximum Gasteiger partial charge on any atom is 0.135 e. The first-order valence-corrected chi connectivity index (χ1v) is 15.4. The lowest BCUT2D eigenvalue weighted by Crippen LogP contribution is -2.23. The fourth-order valence-electron chi connectivity index (χ4n) is 7.93. The van der Waals surface area contributed by atoms with Gasteiger partial charge < -0.3 is 8.98 Å². The van der Waals surface area contributed by atoms with Crippen LogP contribution in [0.5, 0.6) is 0 Å². The molecule has 43 heavy (non-hydrogen) atoms. The van der Waals surface area contributed by atoms with Crippen LogP contribution in [0.15, 0.2) is 132 Å². The molecule has 0 radical (unpaired) electrons. The van der Waals surface area contributed by atoms with Crippen LogP contribution in [-0.4, -0.2) is 4.57 Å². The number of hydrogen-bond acceptors (Lipinski definition) is 1. The van der Waals surface area contributed by atoms with Gasteiger partial charge in [0.05, 0.1) is 11.0 Å². The molecule has 0 saturated carbocycles. The summed E-state index contributed by atoms with van der Waals surface area (Å²) < 4.78 is 8.55. The first-order chi connectivity index (χ1) is 21.2. The van der Waals surface area contributed by atoms with Crippen molar-refractivity contribution in [1.82, 2.24) is 4.57 Å². The summed E-state index contributed by atoms with van der Waals surface area (Å²) in [5.41, 5.74) is 13.7. The Bertz CT molecular complexity index is 2330. The number of nitrogens with zero attached hydrogens (tertiary/aromatic N) is 1. The quantitative estimate of drug-likeness (QED) is 0.212. The van der Waals surface area contributed by atoms with Crippen molar-refractivity contribution < 1.29 is 4.42 Å². The summed E-state index contributed by atoms with van der Waals surface area (Å²) in [6, 6.07) is 46.8. The molecule has 6 aromatic carbocycles. The van der Waals surface area contributed by atoms with Gasteiger partial charge in [0, 0.05) is 32.6 Å². The standard InChI is InChI=1S/C41H31NO/c1-3-41(4-2)35-21-19-28(42-37-14-8-5-11-30(37)31-12-6-9-15-38(31)42)25-33(35)29-20-17-27(24-36(29)41)26-18-22-40-34(23-26)32-13-7-10-16-39(32)43-40/h5-25H,3-4H2,1-2H3.